The average Bonchev–Trinajstić information content (AvgIpc) is 3.24. The molecule has 0 heterocycles. The van der Waals surface area contributed by atoms with Gasteiger partial charge in [0, 0.05) is 12.0 Å². The highest BCUT2D eigenvalue weighted by Gasteiger charge is 2.18. The molecule has 0 fully saturated rings. The van der Waals surface area contributed by atoms with Gasteiger partial charge in [0.05, 0.1) is 0 Å². The highest BCUT2D eigenvalue weighted by molar-refractivity contribution is 5.90. The second-order valence-corrected chi connectivity index (χ2v) is 6.03. The van der Waals surface area contributed by atoms with Crippen molar-refractivity contribution in [2.75, 3.05) is 0 Å². The van der Waals surface area contributed by atoms with E-state index in [1.165, 1.54) is 39.0 Å². The summed E-state index contributed by atoms with van der Waals surface area (Å²) in [7, 11) is 0. The van der Waals surface area contributed by atoms with Crippen molar-refractivity contribution >= 4 is 5.57 Å². The maximum absolute atomic E-state index is 6.25. The minimum absolute atomic E-state index is 0.948. The van der Waals surface area contributed by atoms with E-state index in [-0.39, 0.29) is 0 Å². The lowest BCUT2D eigenvalue weighted by atomic mass is 10.0. The molecular formula is C20H21O. The van der Waals surface area contributed by atoms with Crippen molar-refractivity contribution < 1.29 is 4.74 Å². The first-order valence-electron chi connectivity index (χ1n) is 7.38. The van der Waals surface area contributed by atoms with Crippen LogP contribution in [0.25, 0.3) is 5.57 Å². The van der Waals surface area contributed by atoms with Gasteiger partial charge in [-0.05, 0) is 86.2 Å². The summed E-state index contributed by atoms with van der Waals surface area (Å²) in [4.78, 5) is 0. The molecule has 0 spiro atoms. The number of benzene rings is 2. The lowest BCUT2D eigenvalue weighted by molar-refractivity contribution is 0.476. The number of allylic oxidation sites excluding steroid dienone is 2. The molecule has 21 heavy (non-hydrogen) atoms. The third-order valence-corrected chi connectivity index (χ3v) is 4.25. The smallest absolute Gasteiger partial charge is 0.135 e. The van der Waals surface area contributed by atoms with E-state index in [1.807, 2.05) is 0 Å². The van der Waals surface area contributed by atoms with Gasteiger partial charge in [0.1, 0.15) is 11.5 Å². The van der Waals surface area contributed by atoms with E-state index in [4.69, 9.17) is 4.74 Å². The molecule has 0 saturated carbocycles. The molecule has 107 valence electrons. The van der Waals surface area contributed by atoms with Crippen molar-refractivity contribution in [2.24, 2.45) is 0 Å². The Morgan fingerprint density at radius 1 is 0.619 bits per heavy atom. The maximum atomic E-state index is 6.25. The van der Waals surface area contributed by atoms with Crippen LogP contribution in [0.2, 0.25) is 0 Å². The van der Waals surface area contributed by atoms with Gasteiger partial charge in [0.25, 0.3) is 0 Å². The number of ether oxygens (including phenoxy) is 1. The van der Waals surface area contributed by atoms with Crippen LogP contribution in [0.1, 0.15) is 33.4 Å². The summed E-state index contributed by atoms with van der Waals surface area (Å²) in [6.45, 7) is 10.6. The van der Waals surface area contributed by atoms with E-state index in [9.17, 15) is 0 Å². The summed E-state index contributed by atoms with van der Waals surface area (Å²) >= 11 is 0. The second kappa shape index (κ2) is 5.07. The fourth-order valence-electron chi connectivity index (χ4n) is 2.48. The van der Waals surface area contributed by atoms with Gasteiger partial charge in [-0.1, -0.05) is 12.1 Å². The van der Waals surface area contributed by atoms with Crippen molar-refractivity contribution in [3.05, 3.63) is 70.1 Å². The first-order valence-corrected chi connectivity index (χ1v) is 7.38. The lowest BCUT2D eigenvalue weighted by Gasteiger charge is -2.15. The molecular weight excluding hydrogens is 256 g/mol. The summed E-state index contributed by atoms with van der Waals surface area (Å²) in [5.41, 5.74) is 8.77. The van der Waals surface area contributed by atoms with Crippen molar-refractivity contribution in [1.82, 2.24) is 0 Å². The number of hydrogen-bond acceptors (Lipinski definition) is 1. The molecule has 1 nitrogen and oxygen atoms in total. The largest absolute Gasteiger partial charge is 0.456 e. The molecule has 0 aliphatic heterocycles. The Labute approximate surface area is 127 Å². The summed E-state index contributed by atoms with van der Waals surface area (Å²) in [5.74, 6) is 1.90. The Hall–Kier alpha value is -2.02. The van der Waals surface area contributed by atoms with E-state index >= 15 is 0 Å². The third kappa shape index (κ3) is 2.73. The number of aryl methyl sites for hydroxylation is 5. The molecule has 1 aliphatic rings. The zero-order chi connectivity index (χ0) is 15.1. The van der Waals surface area contributed by atoms with E-state index in [2.05, 4.69) is 71.4 Å². The second-order valence-electron chi connectivity index (χ2n) is 6.03. The molecule has 1 heteroatoms. The Bertz CT molecular complexity index is 751. The Balaban J connectivity index is 2.04. The predicted octanol–water partition coefficient (Wildman–Crippen LogP) is 5.62. The summed E-state index contributed by atoms with van der Waals surface area (Å²) < 4.78 is 6.25. The van der Waals surface area contributed by atoms with Gasteiger partial charge in [-0.15, -0.1) is 0 Å². The van der Waals surface area contributed by atoms with Gasteiger partial charge in [-0.3, -0.25) is 0 Å². The van der Waals surface area contributed by atoms with Crippen molar-refractivity contribution in [3.8, 4) is 11.5 Å². The van der Waals surface area contributed by atoms with E-state index < -0.39 is 0 Å². The van der Waals surface area contributed by atoms with Crippen molar-refractivity contribution in [1.29, 1.82) is 0 Å². The van der Waals surface area contributed by atoms with Crippen LogP contribution >= 0.6 is 0 Å². The fraction of sp³-hybridized carbons (Fsp3) is 0.250. The quantitative estimate of drug-likeness (QED) is 0.707. The summed E-state index contributed by atoms with van der Waals surface area (Å²) in [5, 5.41) is 0. The molecule has 0 amide bonds. The van der Waals surface area contributed by atoms with Gasteiger partial charge >= 0.3 is 0 Å². The molecule has 3 rings (SSSR count). The van der Waals surface area contributed by atoms with E-state index in [1.54, 1.807) is 0 Å². The van der Waals surface area contributed by atoms with Crippen LogP contribution in [0.15, 0.2) is 30.3 Å². The Kier molecular flexibility index (Phi) is 3.36. The maximum Gasteiger partial charge on any atom is 0.135 e. The van der Waals surface area contributed by atoms with Gasteiger partial charge in [-0.2, -0.15) is 0 Å². The molecule has 0 bridgehead atoms. The van der Waals surface area contributed by atoms with Crippen molar-refractivity contribution in [2.45, 2.75) is 34.6 Å². The topological polar surface area (TPSA) is 9.23 Å². The third-order valence-electron chi connectivity index (χ3n) is 4.25. The molecule has 1 radical (unpaired) electrons. The average molecular weight is 277 g/mol. The molecule has 0 aromatic heterocycles. The van der Waals surface area contributed by atoms with Crippen LogP contribution in [0.3, 0.4) is 0 Å². The van der Waals surface area contributed by atoms with Crippen LogP contribution in [-0.2, 0) is 0 Å². The SMILES string of the molecule is Cc1cc(C)c(Oc2cc(C)c(C)cc2C2=C[CH]2)cc1C. The zero-order valence-corrected chi connectivity index (χ0v) is 13.4. The first kappa shape index (κ1) is 13.9. The minimum atomic E-state index is 0.948. The molecule has 2 aromatic rings. The van der Waals surface area contributed by atoms with Crippen molar-refractivity contribution in [3.63, 3.8) is 0 Å². The monoisotopic (exact) mass is 277 g/mol. The van der Waals surface area contributed by atoms with Gasteiger partial charge in [-0.25, -0.2) is 0 Å². The summed E-state index contributed by atoms with van der Waals surface area (Å²) in [6.07, 6.45) is 4.26. The van der Waals surface area contributed by atoms with Gasteiger partial charge in [0.15, 0.2) is 0 Å². The summed E-state index contributed by atoms with van der Waals surface area (Å²) in [6, 6.07) is 8.69. The standard InChI is InChI=1S/C20H21O/c1-12-8-16(5)19(10-14(12)3)21-20-11-15(4)13(2)9-18(20)17-6-7-17/h6-11H,1-5H3. The molecule has 0 atom stereocenters. The van der Waals surface area contributed by atoms with Crippen LogP contribution < -0.4 is 4.74 Å². The highest BCUT2D eigenvalue weighted by Crippen LogP contribution is 2.40. The van der Waals surface area contributed by atoms with Crippen LogP contribution in [-0.4, -0.2) is 0 Å². The number of rotatable bonds is 3. The number of hydrogen-bond donors (Lipinski definition) is 0. The van der Waals surface area contributed by atoms with E-state index in [0.29, 0.717) is 0 Å². The molecule has 0 N–H and O–H groups in total. The molecule has 1 aliphatic carbocycles. The lowest BCUT2D eigenvalue weighted by Crippen LogP contribution is -1.95. The van der Waals surface area contributed by atoms with Crippen LogP contribution in [0.5, 0.6) is 11.5 Å². The Morgan fingerprint density at radius 3 is 1.76 bits per heavy atom. The van der Waals surface area contributed by atoms with Gasteiger partial charge in [0.2, 0.25) is 0 Å². The molecule has 2 aromatic carbocycles. The normalized spacial score (nSPS) is 13.1. The van der Waals surface area contributed by atoms with Crippen LogP contribution in [0, 0.1) is 41.0 Å². The minimum Gasteiger partial charge on any atom is -0.456 e. The van der Waals surface area contributed by atoms with E-state index in [0.717, 1.165) is 11.5 Å². The predicted molar refractivity (Wildman–Crippen MR) is 88.9 cm³/mol. The highest BCUT2D eigenvalue weighted by atomic mass is 16.5. The zero-order valence-electron chi connectivity index (χ0n) is 13.4. The van der Waals surface area contributed by atoms with Gasteiger partial charge < -0.3 is 4.74 Å². The first-order chi connectivity index (χ1) is 9.95. The molecule has 0 unspecified atom stereocenters. The molecule has 0 saturated heterocycles. The van der Waals surface area contributed by atoms with Crippen LogP contribution in [0.4, 0.5) is 0 Å². The Morgan fingerprint density at radius 2 is 1.14 bits per heavy atom. The fourth-order valence-corrected chi connectivity index (χ4v) is 2.48.